The molecule has 1 fully saturated rings. The molecule has 1 aromatic rings. The summed E-state index contributed by atoms with van der Waals surface area (Å²) >= 11 is 0. The maximum Gasteiger partial charge on any atom is 0.409 e. The second-order valence-electron chi connectivity index (χ2n) is 6.94. The zero-order chi connectivity index (χ0) is 19.5. The van der Waals surface area contributed by atoms with Gasteiger partial charge in [-0.3, -0.25) is 4.99 Å². The summed E-state index contributed by atoms with van der Waals surface area (Å²) in [6.45, 7) is 7.54. The molecule has 3 N–H and O–H groups in total. The fourth-order valence-electron chi connectivity index (χ4n) is 2.94. The number of nitrogens with two attached hydrogens (primary N) is 1. The minimum atomic E-state index is -0.234. The van der Waals surface area contributed by atoms with Gasteiger partial charge in [-0.2, -0.15) is 0 Å². The van der Waals surface area contributed by atoms with Gasteiger partial charge < -0.3 is 25.4 Å². The first-order valence-corrected chi connectivity index (χ1v) is 9.68. The number of hydrogen-bond acceptors (Lipinski definition) is 4. The maximum absolute atomic E-state index is 11.7. The number of amides is 1. The Morgan fingerprint density at radius 3 is 2.64 bits per heavy atom. The Kier molecular flexibility index (Phi) is 11.9. The number of hydrogen-bond donors (Lipinski definition) is 2. The number of rotatable bonds is 8. The van der Waals surface area contributed by atoms with Crippen LogP contribution >= 0.6 is 24.0 Å². The Morgan fingerprint density at radius 2 is 2.00 bits per heavy atom. The number of carbonyl (C=O) groups excluding carboxylic acids is 1. The van der Waals surface area contributed by atoms with Gasteiger partial charge in [-0.25, -0.2) is 4.79 Å². The van der Waals surface area contributed by atoms with E-state index in [4.69, 9.17) is 15.2 Å². The second kappa shape index (κ2) is 13.6. The molecule has 8 heteroatoms. The Balaban J connectivity index is 0.00000392. The normalized spacial score (nSPS) is 16.2. The largest absolute Gasteiger partial charge is 0.450 e. The zero-order valence-corrected chi connectivity index (χ0v) is 19.1. The summed E-state index contributed by atoms with van der Waals surface area (Å²) in [5.41, 5.74) is 7.18. The topological polar surface area (TPSA) is 89.2 Å². The summed E-state index contributed by atoms with van der Waals surface area (Å²) in [6.07, 6.45) is 1.44. The van der Waals surface area contributed by atoms with E-state index in [1.165, 1.54) is 5.56 Å². The fourth-order valence-corrected chi connectivity index (χ4v) is 2.94. The van der Waals surface area contributed by atoms with Crippen LogP contribution in [-0.2, 0) is 16.1 Å². The number of halogens is 1. The van der Waals surface area contributed by atoms with Gasteiger partial charge in [0.1, 0.15) is 0 Å². The zero-order valence-electron chi connectivity index (χ0n) is 16.8. The minimum absolute atomic E-state index is 0. The SMILES string of the molecule is CCOC(=O)N1CCC(NC(N)=NCC(C)COCc2ccccc2)CC1.I. The van der Waals surface area contributed by atoms with Gasteiger partial charge in [-0.1, -0.05) is 37.3 Å². The van der Waals surface area contributed by atoms with Crippen molar-refractivity contribution >= 4 is 36.0 Å². The average Bonchev–Trinajstić information content (AvgIpc) is 2.68. The maximum atomic E-state index is 11.7. The van der Waals surface area contributed by atoms with Gasteiger partial charge in [0.25, 0.3) is 0 Å². The molecule has 0 aliphatic carbocycles. The van der Waals surface area contributed by atoms with Gasteiger partial charge in [0.15, 0.2) is 5.96 Å². The van der Waals surface area contributed by atoms with E-state index >= 15 is 0 Å². The van der Waals surface area contributed by atoms with Crippen molar-refractivity contribution in [1.29, 1.82) is 0 Å². The predicted octanol–water partition coefficient (Wildman–Crippen LogP) is 2.98. The van der Waals surface area contributed by atoms with Gasteiger partial charge in [0.05, 0.1) is 19.8 Å². The molecule has 1 heterocycles. The number of piperidine rings is 1. The van der Waals surface area contributed by atoms with Crippen LogP contribution in [0.1, 0.15) is 32.3 Å². The minimum Gasteiger partial charge on any atom is -0.450 e. The van der Waals surface area contributed by atoms with E-state index in [1.54, 1.807) is 4.90 Å². The average molecular weight is 504 g/mol. The Morgan fingerprint density at radius 1 is 1.32 bits per heavy atom. The molecule has 0 saturated carbocycles. The van der Waals surface area contributed by atoms with E-state index < -0.39 is 0 Å². The number of guanidine groups is 1. The van der Waals surface area contributed by atoms with Gasteiger partial charge in [-0.05, 0) is 31.2 Å². The highest BCUT2D eigenvalue weighted by Crippen LogP contribution is 2.11. The molecule has 0 radical (unpaired) electrons. The van der Waals surface area contributed by atoms with E-state index in [0.717, 1.165) is 12.8 Å². The van der Waals surface area contributed by atoms with Crippen molar-refractivity contribution in [2.75, 3.05) is 32.8 Å². The van der Waals surface area contributed by atoms with Gasteiger partial charge in [-0.15, -0.1) is 24.0 Å². The summed E-state index contributed by atoms with van der Waals surface area (Å²) in [5, 5.41) is 3.26. The summed E-state index contributed by atoms with van der Waals surface area (Å²) < 4.78 is 10.8. The second-order valence-corrected chi connectivity index (χ2v) is 6.94. The van der Waals surface area contributed by atoms with Crippen molar-refractivity contribution in [1.82, 2.24) is 10.2 Å². The molecule has 1 aliphatic rings. The molecule has 28 heavy (non-hydrogen) atoms. The van der Waals surface area contributed by atoms with Gasteiger partial charge >= 0.3 is 6.09 Å². The molecule has 1 unspecified atom stereocenters. The van der Waals surface area contributed by atoms with E-state index in [9.17, 15) is 4.79 Å². The first-order chi connectivity index (χ1) is 13.1. The lowest BCUT2D eigenvalue weighted by atomic mass is 10.1. The van der Waals surface area contributed by atoms with Crippen molar-refractivity contribution in [3.63, 3.8) is 0 Å². The van der Waals surface area contributed by atoms with Crippen LogP contribution in [0, 0.1) is 5.92 Å². The molecule has 158 valence electrons. The molecule has 0 spiro atoms. The molecular formula is C20H33IN4O3. The number of nitrogens with zero attached hydrogens (tertiary/aromatic N) is 2. The standard InChI is InChI=1S/C20H32N4O3.HI/c1-3-27-20(25)24-11-9-18(10-12-24)23-19(21)22-13-16(2)14-26-15-17-7-5-4-6-8-17;/h4-8,16,18H,3,9-15H2,1-2H3,(H3,21,22,23);1H. The lowest BCUT2D eigenvalue weighted by Gasteiger charge is -2.31. The van der Waals surface area contributed by atoms with Crippen molar-refractivity contribution in [2.24, 2.45) is 16.6 Å². The molecule has 1 saturated heterocycles. The molecule has 0 aromatic heterocycles. The third-order valence-electron chi connectivity index (χ3n) is 4.46. The summed E-state index contributed by atoms with van der Waals surface area (Å²) in [4.78, 5) is 17.9. The van der Waals surface area contributed by atoms with Crippen molar-refractivity contribution < 1.29 is 14.3 Å². The first-order valence-electron chi connectivity index (χ1n) is 9.68. The van der Waals surface area contributed by atoms with Crippen molar-refractivity contribution in [3.05, 3.63) is 35.9 Å². The number of likely N-dealkylation sites (tertiary alicyclic amines) is 1. The summed E-state index contributed by atoms with van der Waals surface area (Å²) in [5.74, 6) is 0.749. The number of nitrogens with one attached hydrogen (secondary N) is 1. The summed E-state index contributed by atoms with van der Waals surface area (Å²) in [7, 11) is 0. The number of benzene rings is 1. The monoisotopic (exact) mass is 504 g/mol. The quantitative estimate of drug-likeness (QED) is 0.323. The van der Waals surface area contributed by atoms with Crippen molar-refractivity contribution in [2.45, 2.75) is 39.3 Å². The fraction of sp³-hybridized carbons (Fsp3) is 0.600. The van der Waals surface area contributed by atoms with E-state index in [2.05, 4.69) is 29.4 Å². The van der Waals surface area contributed by atoms with Crippen LogP contribution in [0.4, 0.5) is 4.79 Å². The lowest BCUT2D eigenvalue weighted by Crippen LogP contribution is -2.48. The van der Waals surface area contributed by atoms with Crippen LogP contribution < -0.4 is 11.1 Å². The van der Waals surface area contributed by atoms with Crippen LogP contribution in [0.15, 0.2) is 35.3 Å². The molecule has 2 rings (SSSR count). The molecular weight excluding hydrogens is 471 g/mol. The van der Waals surface area contributed by atoms with E-state index in [-0.39, 0.29) is 36.1 Å². The van der Waals surface area contributed by atoms with E-state index in [1.807, 2.05) is 25.1 Å². The predicted molar refractivity (Wildman–Crippen MR) is 122 cm³/mol. The molecule has 1 aliphatic heterocycles. The van der Waals surface area contributed by atoms with Crippen LogP contribution in [-0.4, -0.2) is 55.8 Å². The highest BCUT2D eigenvalue weighted by Gasteiger charge is 2.23. The van der Waals surface area contributed by atoms with Crippen molar-refractivity contribution in [3.8, 4) is 0 Å². The molecule has 7 nitrogen and oxygen atoms in total. The number of ether oxygens (including phenoxy) is 2. The third-order valence-corrected chi connectivity index (χ3v) is 4.46. The van der Waals surface area contributed by atoms with E-state index in [0.29, 0.717) is 51.3 Å². The van der Waals surface area contributed by atoms with Crippen LogP contribution in [0.2, 0.25) is 0 Å². The number of carbonyl (C=O) groups is 1. The Bertz CT molecular complexity index is 592. The Labute approximate surface area is 185 Å². The Hall–Kier alpha value is -1.55. The lowest BCUT2D eigenvalue weighted by molar-refractivity contribution is 0.0944. The number of aliphatic imine (C=N–C) groups is 1. The smallest absolute Gasteiger partial charge is 0.409 e. The first kappa shape index (κ1) is 24.5. The summed E-state index contributed by atoms with van der Waals surface area (Å²) in [6, 6.07) is 10.4. The molecule has 1 aromatic carbocycles. The third kappa shape index (κ3) is 9.09. The molecule has 0 bridgehead atoms. The van der Waals surface area contributed by atoms with Crippen LogP contribution in [0.25, 0.3) is 0 Å². The van der Waals surface area contributed by atoms with Gasteiger partial charge in [0, 0.05) is 25.7 Å². The van der Waals surface area contributed by atoms with Crippen LogP contribution in [0.3, 0.4) is 0 Å². The molecule has 1 amide bonds. The molecule has 1 atom stereocenters. The highest BCUT2D eigenvalue weighted by molar-refractivity contribution is 14.0. The van der Waals surface area contributed by atoms with Crippen LogP contribution in [0.5, 0.6) is 0 Å². The van der Waals surface area contributed by atoms with Gasteiger partial charge in [0.2, 0.25) is 0 Å². The highest BCUT2D eigenvalue weighted by atomic mass is 127.